The van der Waals surface area contributed by atoms with Gasteiger partial charge in [0, 0.05) is 18.3 Å². The number of rotatable bonds is 6. The van der Waals surface area contributed by atoms with Crippen LogP contribution in [-0.2, 0) is 11.3 Å². The lowest BCUT2D eigenvalue weighted by Gasteiger charge is -2.10. The molecule has 0 aliphatic carbocycles. The number of carbonyl (C=O) groups is 1. The number of nitrogens with zero attached hydrogens (tertiary/aromatic N) is 4. The molecular formula is C18H16ClN5O4. The minimum atomic E-state index is -0.563. The molecular weight excluding hydrogens is 386 g/mol. The molecule has 28 heavy (non-hydrogen) atoms. The lowest BCUT2D eigenvalue weighted by atomic mass is 10.2. The highest BCUT2D eigenvalue weighted by Crippen LogP contribution is 2.29. The molecule has 0 spiro atoms. The van der Waals surface area contributed by atoms with Crippen molar-refractivity contribution >= 4 is 28.9 Å². The third-order valence-corrected chi connectivity index (χ3v) is 4.39. The fourth-order valence-electron chi connectivity index (χ4n) is 2.53. The monoisotopic (exact) mass is 401 g/mol. The predicted octanol–water partition coefficient (Wildman–Crippen LogP) is 3.89. The van der Waals surface area contributed by atoms with E-state index in [-0.39, 0.29) is 23.7 Å². The van der Waals surface area contributed by atoms with Gasteiger partial charge in [0.2, 0.25) is 5.91 Å². The maximum atomic E-state index is 12.4. The minimum absolute atomic E-state index is 0.0825. The Morgan fingerprint density at radius 2 is 2.11 bits per heavy atom. The van der Waals surface area contributed by atoms with Gasteiger partial charge in [-0.05, 0) is 26.0 Å². The lowest BCUT2D eigenvalue weighted by Crippen LogP contribution is -2.20. The molecule has 3 rings (SSSR count). The van der Waals surface area contributed by atoms with Gasteiger partial charge in [-0.15, -0.1) is 0 Å². The molecule has 3 aromatic rings. The molecule has 9 nitrogen and oxygen atoms in total. The number of carbonyl (C=O) groups excluding carboxylic acids is 1. The molecule has 0 bridgehead atoms. The normalized spacial score (nSPS) is 10.5. The first-order valence-electron chi connectivity index (χ1n) is 8.20. The molecule has 1 amide bonds. The summed E-state index contributed by atoms with van der Waals surface area (Å²) in [6.45, 7) is 3.41. The average Bonchev–Trinajstić information content (AvgIpc) is 2.89. The summed E-state index contributed by atoms with van der Waals surface area (Å²) in [5.74, 6) is 0.208. The number of pyridine rings is 1. The number of nitrogens with one attached hydrogen (secondary N) is 1. The second-order valence-electron chi connectivity index (χ2n) is 5.95. The van der Waals surface area contributed by atoms with Crippen molar-refractivity contribution in [1.82, 2.24) is 14.8 Å². The van der Waals surface area contributed by atoms with Gasteiger partial charge in [-0.3, -0.25) is 24.6 Å². The van der Waals surface area contributed by atoms with Crippen LogP contribution in [0.4, 0.5) is 11.4 Å². The Morgan fingerprint density at radius 3 is 2.71 bits per heavy atom. The highest BCUT2D eigenvalue weighted by molar-refractivity contribution is 6.31. The van der Waals surface area contributed by atoms with E-state index in [1.165, 1.54) is 29.1 Å². The number of aromatic nitrogens is 3. The van der Waals surface area contributed by atoms with E-state index in [4.69, 9.17) is 16.3 Å². The molecule has 2 aromatic heterocycles. The van der Waals surface area contributed by atoms with Gasteiger partial charge in [-0.1, -0.05) is 11.6 Å². The number of benzene rings is 1. The summed E-state index contributed by atoms with van der Waals surface area (Å²) in [7, 11) is 0. The standard InChI is InChI=1S/C18H16ClN5O4/c1-11-18(19)12(2)23(22-11)10-17(25)21-13-6-14(24(26)27)8-16(7-13)28-15-4-3-5-20-9-15/h3-9H,10H2,1-2H3,(H,21,25). The molecule has 1 aromatic carbocycles. The number of nitro benzene ring substituents is 1. The van der Waals surface area contributed by atoms with Gasteiger partial charge >= 0.3 is 0 Å². The summed E-state index contributed by atoms with van der Waals surface area (Å²) in [6.07, 6.45) is 3.06. The Bertz CT molecular complexity index is 1040. The third-order valence-electron chi connectivity index (χ3n) is 3.84. The van der Waals surface area contributed by atoms with E-state index in [1.54, 1.807) is 32.2 Å². The highest BCUT2D eigenvalue weighted by Gasteiger charge is 2.15. The van der Waals surface area contributed by atoms with Crippen LogP contribution in [0.15, 0.2) is 42.7 Å². The van der Waals surface area contributed by atoms with Crippen LogP contribution in [0.1, 0.15) is 11.4 Å². The summed E-state index contributed by atoms with van der Waals surface area (Å²) in [5.41, 5.74) is 1.29. The van der Waals surface area contributed by atoms with Crippen molar-refractivity contribution in [3.05, 3.63) is 69.3 Å². The first-order chi connectivity index (χ1) is 13.3. The van der Waals surface area contributed by atoms with E-state index in [2.05, 4.69) is 15.4 Å². The molecule has 10 heteroatoms. The van der Waals surface area contributed by atoms with Gasteiger partial charge in [-0.2, -0.15) is 5.10 Å². The number of amides is 1. The Hall–Kier alpha value is -3.46. The number of anilines is 1. The van der Waals surface area contributed by atoms with E-state index in [0.717, 1.165) is 0 Å². The van der Waals surface area contributed by atoms with Crippen molar-refractivity contribution in [2.45, 2.75) is 20.4 Å². The smallest absolute Gasteiger partial charge is 0.275 e. The minimum Gasteiger partial charge on any atom is -0.455 e. The summed E-state index contributed by atoms with van der Waals surface area (Å²) < 4.78 is 7.06. The van der Waals surface area contributed by atoms with Crippen molar-refractivity contribution in [3.8, 4) is 11.5 Å². The molecule has 0 saturated heterocycles. The number of non-ortho nitro benzene ring substituents is 1. The van der Waals surface area contributed by atoms with Gasteiger partial charge in [0.15, 0.2) is 0 Å². The summed E-state index contributed by atoms with van der Waals surface area (Å²) in [5, 5.41) is 18.5. The van der Waals surface area contributed by atoms with E-state index < -0.39 is 10.8 Å². The van der Waals surface area contributed by atoms with Crippen LogP contribution in [-0.4, -0.2) is 25.6 Å². The fraction of sp³-hybridized carbons (Fsp3) is 0.167. The average molecular weight is 402 g/mol. The number of halogens is 1. The number of ether oxygens (including phenoxy) is 1. The van der Waals surface area contributed by atoms with E-state index >= 15 is 0 Å². The van der Waals surface area contributed by atoms with Crippen LogP contribution < -0.4 is 10.1 Å². The topological polar surface area (TPSA) is 112 Å². The van der Waals surface area contributed by atoms with Crippen LogP contribution >= 0.6 is 11.6 Å². The number of hydrogen-bond donors (Lipinski definition) is 1. The molecule has 0 radical (unpaired) electrons. The van der Waals surface area contributed by atoms with Gasteiger partial charge in [0.05, 0.1) is 39.3 Å². The first kappa shape index (κ1) is 19.3. The van der Waals surface area contributed by atoms with Crippen LogP contribution in [0, 0.1) is 24.0 Å². The zero-order valence-electron chi connectivity index (χ0n) is 15.0. The van der Waals surface area contributed by atoms with Crippen LogP contribution in [0.25, 0.3) is 0 Å². The quantitative estimate of drug-likeness (QED) is 0.495. The molecule has 0 aliphatic heterocycles. The summed E-state index contributed by atoms with van der Waals surface area (Å²) in [4.78, 5) is 26.9. The van der Waals surface area contributed by atoms with E-state index in [9.17, 15) is 14.9 Å². The number of aryl methyl sites for hydroxylation is 1. The highest BCUT2D eigenvalue weighted by atomic mass is 35.5. The predicted molar refractivity (Wildman–Crippen MR) is 103 cm³/mol. The maximum Gasteiger partial charge on any atom is 0.275 e. The molecule has 0 fully saturated rings. The molecule has 0 aliphatic rings. The Morgan fingerprint density at radius 1 is 1.32 bits per heavy atom. The third kappa shape index (κ3) is 4.44. The summed E-state index contributed by atoms with van der Waals surface area (Å²) in [6, 6.07) is 7.35. The second kappa shape index (κ2) is 8.05. The van der Waals surface area contributed by atoms with E-state index in [0.29, 0.717) is 22.2 Å². The van der Waals surface area contributed by atoms with Gasteiger partial charge in [-0.25, -0.2) is 0 Å². The number of nitro groups is 1. The first-order valence-corrected chi connectivity index (χ1v) is 8.58. The second-order valence-corrected chi connectivity index (χ2v) is 6.33. The van der Waals surface area contributed by atoms with Crippen molar-refractivity contribution in [3.63, 3.8) is 0 Å². The van der Waals surface area contributed by atoms with Crippen LogP contribution in [0.3, 0.4) is 0 Å². The van der Waals surface area contributed by atoms with E-state index in [1.807, 2.05) is 0 Å². The van der Waals surface area contributed by atoms with Crippen molar-refractivity contribution < 1.29 is 14.5 Å². The van der Waals surface area contributed by atoms with Gasteiger partial charge < -0.3 is 10.1 Å². The maximum absolute atomic E-state index is 12.4. The van der Waals surface area contributed by atoms with Crippen LogP contribution in [0.5, 0.6) is 11.5 Å². The molecule has 0 saturated carbocycles. The zero-order chi connectivity index (χ0) is 20.3. The molecule has 0 unspecified atom stereocenters. The molecule has 2 heterocycles. The SMILES string of the molecule is Cc1nn(CC(=O)Nc2cc(Oc3cccnc3)cc([N+](=O)[O-])c2)c(C)c1Cl. The lowest BCUT2D eigenvalue weighted by molar-refractivity contribution is -0.384. The molecule has 0 atom stereocenters. The van der Waals surface area contributed by atoms with Crippen molar-refractivity contribution in [2.75, 3.05) is 5.32 Å². The Kier molecular flexibility index (Phi) is 5.55. The van der Waals surface area contributed by atoms with Crippen LogP contribution in [0.2, 0.25) is 5.02 Å². The molecule has 1 N–H and O–H groups in total. The fourth-order valence-corrected chi connectivity index (χ4v) is 2.66. The largest absolute Gasteiger partial charge is 0.455 e. The zero-order valence-corrected chi connectivity index (χ0v) is 15.8. The number of hydrogen-bond acceptors (Lipinski definition) is 6. The van der Waals surface area contributed by atoms with Crippen molar-refractivity contribution in [2.24, 2.45) is 0 Å². The Labute approximate surface area is 165 Å². The van der Waals surface area contributed by atoms with Crippen molar-refractivity contribution in [1.29, 1.82) is 0 Å². The van der Waals surface area contributed by atoms with Gasteiger partial charge in [0.1, 0.15) is 18.0 Å². The molecule has 144 valence electrons. The summed E-state index contributed by atoms with van der Waals surface area (Å²) >= 11 is 6.08. The van der Waals surface area contributed by atoms with Gasteiger partial charge in [0.25, 0.3) is 5.69 Å². The Balaban J connectivity index is 1.81.